The Kier molecular flexibility index (Phi) is 4.92. The summed E-state index contributed by atoms with van der Waals surface area (Å²) in [5, 5.41) is 3.76. The van der Waals surface area contributed by atoms with Gasteiger partial charge in [-0.3, -0.25) is 9.05 Å². The molecule has 0 bridgehead atoms. The van der Waals surface area contributed by atoms with Crippen LogP contribution in [-0.2, 0) is 13.6 Å². The lowest BCUT2D eigenvalue weighted by Gasteiger charge is -2.17. The molecular formula is C8H17N4O3P. The van der Waals surface area contributed by atoms with Crippen LogP contribution in [0.4, 0.5) is 5.95 Å². The molecule has 0 radical (unpaired) electrons. The second kappa shape index (κ2) is 5.98. The molecule has 0 amide bonds. The number of nitrogens with zero attached hydrogens (tertiary/aromatic N) is 3. The summed E-state index contributed by atoms with van der Waals surface area (Å²) in [6.07, 6.45) is 2.68. The Bertz CT molecular complexity index is 356. The van der Waals surface area contributed by atoms with Gasteiger partial charge in [-0.2, -0.15) is 4.98 Å². The summed E-state index contributed by atoms with van der Waals surface area (Å²) in [6, 6.07) is 0. The van der Waals surface area contributed by atoms with Gasteiger partial charge in [0.2, 0.25) is 5.95 Å². The highest BCUT2D eigenvalue weighted by Gasteiger charge is 2.30. The van der Waals surface area contributed by atoms with Crippen molar-refractivity contribution in [3.05, 3.63) is 6.33 Å². The molecule has 2 N–H and O–H groups in total. The standard InChI is InChI=1S/C8H17N4O3P/c1-3-5-14-16(13,15-6-4-2)12-8(9)10-7-11-12/h7H,3-6H2,1-2H3,(H2,9,10,11). The molecule has 16 heavy (non-hydrogen) atoms. The second-order valence-corrected chi connectivity index (χ2v) is 4.98. The molecule has 0 aromatic carbocycles. The Hall–Kier alpha value is -0.910. The van der Waals surface area contributed by atoms with Crippen molar-refractivity contribution < 1.29 is 13.6 Å². The summed E-state index contributed by atoms with van der Waals surface area (Å²) in [5.41, 5.74) is 5.53. The summed E-state index contributed by atoms with van der Waals surface area (Å²) in [5.74, 6) is 0.0236. The predicted octanol–water partition coefficient (Wildman–Crippen LogP) is 1.67. The van der Waals surface area contributed by atoms with Gasteiger partial charge in [0, 0.05) is 0 Å². The Balaban J connectivity index is 2.86. The SMILES string of the molecule is CCCOP(=O)(OCCC)n1ncnc1N. The van der Waals surface area contributed by atoms with Gasteiger partial charge >= 0.3 is 7.75 Å². The van der Waals surface area contributed by atoms with Crippen LogP contribution >= 0.6 is 7.75 Å². The van der Waals surface area contributed by atoms with E-state index in [0.29, 0.717) is 13.2 Å². The first-order chi connectivity index (χ1) is 7.64. The van der Waals surface area contributed by atoms with E-state index in [1.165, 1.54) is 6.33 Å². The van der Waals surface area contributed by atoms with E-state index >= 15 is 0 Å². The van der Waals surface area contributed by atoms with Gasteiger partial charge < -0.3 is 5.73 Å². The van der Waals surface area contributed by atoms with E-state index < -0.39 is 7.75 Å². The monoisotopic (exact) mass is 248 g/mol. The van der Waals surface area contributed by atoms with Crippen LogP contribution in [0.5, 0.6) is 0 Å². The average molecular weight is 248 g/mol. The predicted molar refractivity (Wildman–Crippen MR) is 59.9 cm³/mol. The quantitative estimate of drug-likeness (QED) is 0.738. The van der Waals surface area contributed by atoms with Gasteiger partial charge in [0.25, 0.3) is 0 Å². The van der Waals surface area contributed by atoms with Gasteiger partial charge in [0.05, 0.1) is 13.2 Å². The van der Waals surface area contributed by atoms with Crippen molar-refractivity contribution in [2.24, 2.45) is 0 Å². The number of rotatable bonds is 7. The molecule has 7 nitrogen and oxygen atoms in total. The molecule has 92 valence electrons. The molecule has 0 aliphatic rings. The van der Waals surface area contributed by atoms with Crippen LogP contribution in [0.2, 0.25) is 0 Å². The van der Waals surface area contributed by atoms with Crippen molar-refractivity contribution in [3.8, 4) is 0 Å². The number of nitrogens with two attached hydrogens (primary N) is 1. The van der Waals surface area contributed by atoms with E-state index in [-0.39, 0.29) is 5.95 Å². The fraction of sp³-hybridized carbons (Fsp3) is 0.750. The van der Waals surface area contributed by atoms with Crippen LogP contribution in [0.25, 0.3) is 0 Å². The molecule has 0 saturated carbocycles. The third kappa shape index (κ3) is 3.04. The van der Waals surface area contributed by atoms with Crippen molar-refractivity contribution >= 4 is 13.7 Å². The highest BCUT2D eigenvalue weighted by molar-refractivity contribution is 7.52. The maximum atomic E-state index is 12.4. The van der Waals surface area contributed by atoms with Crippen LogP contribution in [0.3, 0.4) is 0 Å². The molecule has 0 unspecified atom stereocenters. The van der Waals surface area contributed by atoms with Crippen LogP contribution < -0.4 is 5.73 Å². The Morgan fingerprint density at radius 1 is 1.38 bits per heavy atom. The average Bonchev–Trinajstić information content (AvgIpc) is 2.71. The molecule has 1 aromatic rings. The van der Waals surface area contributed by atoms with E-state index in [1.54, 1.807) is 0 Å². The molecule has 0 aliphatic heterocycles. The molecule has 0 atom stereocenters. The molecule has 1 aromatic heterocycles. The van der Waals surface area contributed by atoms with Gasteiger partial charge in [0.1, 0.15) is 6.33 Å². The third-order valence-electron chi connectivity index (χ3n) is 1.71. The van der Waals surface area contributed by atoms with Gasteiger partial charge in [-0.15, -0.1) is 9.55 Å². The van der Waals surface area contributed by atoms with Crippen molar-refractivity contribution in [2.75, 3.05) is 18.9 Å². The van der Waals surface area contributed by atoms with Gasteiger partial charge in [0.15, 0.2) is 0 Å². The number of hydrogen-bond acceptors (Lipinski definition) is 6. The van der Waals surface area contributed by atoms with Crippen LogP contribution in [-0.4, -0.2) is 27.7 Å². The Labute approximate surface area is 94.5 Å². The maximum absolute atomic E-state index is 12.4. The van der Waals surface area contributed by atoms with E-state index in [2.05, 4.69) is 10.1 Å². The van der Waals surface area contributed by atoms with Gasteiger partial charge in [-0.25, -0.2) is 4.57 Å². The minimum atomic E-state index is -3.48. The Morgan fingerprint density at radius 2 is 1.94 bits per heavy atom. The lowest BCUT2D eigenvalue weighted by atomic mass is 10.5. The van der Waals surface area contributed by atoms with Crippen molar-refractivity contribution in [1.82, 2.24) is 14.5 Å². The molecule has 1 rings (SSSR count). The zero-order valence-electron chi connectivity index (χ0n) is 9.50. The smallest absolute Gasteiger partial charge is 0.368 e. The molecular weight excluding hydrogens is 231 g/mol. The first kappa shape index (κ1) is 13.2. The lowest BCUT2D eigenvalue weighted by Crippen LogP contribution is -2.10. The number of aromatic nitrogens is 3. The summed E-state index contributed by atoms with van der Waals surface area (Å²) in [6.45, 7) is 4.46. The first-order valence-corrected chi connectivity index (χ1v) is 6.69. The number of anilines is 1. The molecule has 0 spiro atoms. The number of hydrogen-bond donors (Lipinski definition) is 1. The fourth-order valence-corrected chi connectivity index (χ4v) is 2.59. The maximum Gasteiger partial charge on any atom is 0.458 e. The highest BCUT2D eigenvalue weighted by Crippen LogP contribution is 2.50. The minimum Gasteiger partial charge on any atom is -0.368 e. The van der Waals surface area contributed by atoms with Crippen LogP contribution in [0, 0.1) is 0 Å². The molecule has 0 fully saturated rings. The zero-order chi connectivity index (χ0) is 12.0. The first-order valence-electron chi connectivity index (χ1n) is 5.19. The van der Waals surface area contributed by atoms with Crippen molar-refractivity contribution in [3.63, 3.8) is 0 Å². The molecule has 0 saturated heterocycles. The third-order valence-corrected chi connectivity index (χ3v) is 3.50. The van der Waals surface area contributed by atoms with Crippen molar-refractivity contribution in [2.45, 2.75) is 26.7 Å². The number of nitrogen functional groups attached to an aromatic ring is 1. The summed E-state index contributed by atoms with van der Waals surface area (Å²) in [4.78, 5) is 3.70. The minimum absolute atomic E-state index is 0.0236. The van der Waals surface area contributed by atoms with E-state index in [0.717, 1.165) is 17.3 Å². The van der Waals surface area contributed by atoms with Gasteiger partial charge in [-0.05, 0) is 12.8 Å². The largest absolute Gasteiger partial charge is 0.458 e. The van der Waals surface area contributed by atoms with E-state index in [1.807, 2.05) is 13.8 Å². The topological polar surface area (TPSA) is 92.3 Å². The zero-order valence-corrected chi connectivity index (χ0v) is 10.4. The summed E-state index contributed by atoms with van der Waals surface area (Å²) >= 11 is 0. The summed E-state index contributed by atoms with van der Waals surface area (Å²) < 4.78 is 23.8. The molecule has 8 heteroatoms. The van der Waals surface area contributed by atoms with Crippen LogP contribution in [0.1, 0.15) is 26.7 Å². The fourth-order valence-electron chi connectivity index (χ4n) is 0.993. The van der Waals surface area contributed by atoms with E-state index in [4.69, 9.17) is 14.8 Å². The van der Waals surface area contributed by atoms with Crippen molar-refractivity contribution in [1.29, 1.82) is 0 Å². The van der Waals surface area contributed by atoms with Crippen LogP contribution in [0.15, 0.2) is 6.33 Å². The van der Waals surface area contributed by atoms with E-state index in [9.17, 15) is 4.57 Å². The van der Waals surface area contributed by atoms with Gasteiger partial charge in [-0.1, -0.05) is 13.8 Å². The molecule has 1 heterocycles. The Morgan fingerprint density at radius 3 is 2.31 bits per heavy atom. The second-order valence-electron chi connectivity index (χ2n) is 3.14. The lowest BCUT2D eigenvalue weighted by molar-refractivity contribution is 0.195. The molecule has 0 aliphatic carbocycles. The highest BCUT2D eigenvalue weighted by atomic mass is 31.2. The normalized spacial score (nSPS) is 11.9. The summed E-state index contributed by atoms with van der Waals surface area (Å²) in [7, 11) is -3.48.